The number of nitrogens with one attached hydrogen (secondary N) is 5. The van der Waals surface area contributed by atoms with Crippen LogP contribution in [0.2, 0.25) is 0 Å². The quantitative estimate of drug-likeness (QED) is 0.196. The molecule has 2 aromatic heterocycles. The number of nitrogens with zero attached hydrogens (tertiary/aromatic N) is 4. The molecule has 11 nitrogen and oxygen atoms in total. The normalized spacial score (nSPS) is 14.7. The molecule has 3 aromatic rings. The predicted molar refractivity (Wildman–Crippen MR) is 138 cm³/mol. The van der Waals surface area contributed by atoms with Gasteiger partial charge in [-0.3, -0.25) is 10.2 Å². The molecule has 0 aliphatic carbocycles. The van der Waals surface area contributed by atoms with E-state index in [1.165, 1.54) is 6.20 Å². The van der Waals surface area contributed by atoms with E-state index >= 15 is 4.39 Å². The molecular weight excluding hydrogens is 477 g/mol. The lowest BCUT2D eigenvalue weighted by molar-refractivity contribution is -0.115. The number of hydrogen-bond donors (Lipinski definition) is 5. The smallest absolute Gasteiger partial charge is 0.261 e. The third-order valence-corrected chi connectivity index (χ3v) is 5.86. The number of benzene rings is 1. The Morgan fingerprint density at radius 2 is 2.00 bits per heavy atom. The van der Waals surface area contributed by atoms with Crippen molar-refractivity contribution in [3.8, 4) is 0 Å². The maximum atomic E-state index is 15.5. The Morgan fingerprint density at radius 1 is 1.22 bits per heavy atom. The van der Waals surface area contributed by atoms with Crippen molar-refractivity contribution in [3.63, 3.8) is 0 Å². The Morgan fingerprint density at radius 3 is 2.73 bits per heavy atom. The van der Waals surface area contributed by atoms with Gasteiger partial charge in [0.2, 0.25) is 0 Å². The summed E-state index contributed by atoms with van der Waals surface area (Å²) in [7, 11) is 3.44. The van der Waals surface area contributed by atoms with E-state index in [1.807, 2.05) is 0 Å². The van der Waals surface area contributed by atoms with Crippen LogP contribution in [0.1, 0.15) is 30.9 Å². The highest BCUT2D eigenvalue weighted by Crippen LogP contribution is 2.29. The van der Waals surface area contributed by atoms with Crippen molar-refractivity contribution in [3.05, 3.63) is 65.7 Å². The molecule has 0 saturated carbocycles. The summed E-state index contributed by atoms with van der Waals surface area (Å²) in [6.07, 6.45) is 7.54. The summed E-state index contributed by atoms with van der Waals surface area (Å²) in [5.74, 6) is -0.393. The third-order valence-electron chi connectivity index (χ3n) is 5.86. The number of carbonyl (C=O) groups is 2. The summed E-state index contributed by atoms with van der Waals surface area (Å²) >= 11 is 0. The molecule has 0 spiro atoms. The average Bonchev–Trinajstić information content (AvgIpc) is 3.33. The van der Waals surface area contributed by atoms with Crippen LogP contribution in [0.5, 0.6) is 0 Å². The van der Waals surface area contributed by atoms with E-state index in [1.54, 1.807) is 49.6 Å². The first-order chi connectivity index (χ1) is 17.9. The number of halogens is 1. The van der Waals surface area contributed by atoms with Crippen LogP contribution in [0.4, 0.5) is 10.1 Å². The number of imidazole rings is 1. The van der Waals surface area contributed by atoms with Gasteiger partial charge in [-0.2, -0.15) is 0 Å². The van der Waals surface area contributed by atoms with Crippen LogP contribution < -0.4 is 20.9 Å². The number of aromatic amines is 1. The van der Waals surface area contributed by atoms with Gasteiger partial charge in [0, 0.05) is 45.7 Å². The highest BCUT2D eigenvalue weighted by atomic mass is 19.1. The number of aromatic nitrogens is 4. The van der Waals surface area contributed by atoms with E-state index in [4.69, 9.17) is 5.41 Å². The molecule has 12 heteroatoms. The highest BCUT2D eigenvalue weighted by Gasteiger charge is 2.31. The zero-order chi connectivity index (χ0) is 26.4. The van der Waals surface area contributed by atoms with Crippen molar-refractivity contribution in [1.29, 1.82) is 5.41 Å². The second-order valence-electron chi connectivity index (χ2n) is 8.41. The van der Waals surface area contributed by atoms with Crippen LogP contribution in [0.25, 0.3) is 16.6 Å². The number of carbonyl (C=O) groups excluding carboxylic acids is 2. The van der Waals surface area contributed by atoms with Crippen molar-refractivity contribution in [2.75, 3.05) is 25.5 Å². The predicted octanol–water partition coefficient (Wildman–Crippen LogP) is 2.01. The first kappa shape index (κ1) is 25.5. The minimum atomic E-state index is -0.499. The number of H-pyrrole nitrogens is 1. The Bertz CT molecular complexity index is 1380. The largest absolute Gasteiger partial charge is 0.392 e. The van der Waals surface area contributed by atoms with Crippen LogP contribution in [-0.2, 0) is 16.1 Å². The van der Waals surface area contributed by atoms with Gasteiger partial charge in [-0.25, -0.2) is 19.3 Å². The lowest BCUT2D eigenvalue weighted by Gasteiger charge is -2.23. The molecule has 1 aromatic carbocycles. The molecule has 1 aliphatic rings. The molecule has 3 heterocycles. The molecule has 1 amide bonds. The molecule has 192 valence electrons. The molecular formula is C25H28FN9O2. The van der Waals surface area contributed by atoms with Crippen molar-refractivity contribution < 1.29 is 14.0 Å². The Labute approximate surface area is 212 Å². The number of aldehydes is 1. The summed E-state index contributed by atoms with van der Waals surface area (Å²) < 4.78 is 15.5. The molecule has 0 bridgehead atoms. The summed E-state index contributed by atoms with van der Waals surface area (Å²) in [5.41, 5.74) is 1.46. The van der Waals surface area contributed by atoms with E-state index in [0.717, 1.165) is 19.1 Å². The molecule has 4 rings (SSSR count). The molecule has 5 N–H and O–H groups in total. The van der Waals surface area contributed by atoms with Gasteiger partial charge in [0.15, 0.2) is 5.82 Å². The maximum absolute atomic E-state index is 15.5. The topological polar surface area (TPSA) is 152 Å². The highest BCUT2D eigenvalue weighted by molar-refractivity contribution is 6.33. The fourth-order valence-electron chi connectivity index (χ4n) is 4.01. The summed E-state index contributed by atoms with van der Waals surface area (Å²) in [4.78, 5) is 41.3. The molecule has 37 heavy (non-hydrogen) atoms. The zero-order valence-electron chi connectivity index (χ0n) is 20.6. The molecule has 0 atom stereocenters. The van der Waals surface area contributed by atoms with Gasteiger partial charge in [0.1, 0.15) is 34.7 Å². The van der Waals surface area contributed by atoms with Crippen LogP contribution in [0.3, 0.4) is 0 Å². The zero-order valence-corrected chi connectivity index (χ0v) is 20.6. The third kappa shape index (κ3) is 5.47. The molecule has 0 saturated heterocycles. The number of rotatable bonds is 11. The Kier molecular flexibility index (Phi) is 7.86. The van der Waals surface area contributed by atoms with Gasteiger partial charge < -0.3 is 30.6 Å². The number of fused-ring (bicyclic) bond motifs is 1. The number of amides is 1. The second-order valence-corrected chi connectivity index (χ2v) is 8.41. The van der Waals surface area contributed by atoms with Crippen LogP contribution in [0, 0.1) is 11.2 Å². The monoisotopic (exact) mass is 505 g/mol. The van der Waals surface area contributed by atoms with Gasteiger partial charge in [0.25, 0.3) is 5.91 Å². The SMILES string of the molecule is CN/C=C1/NC(=O)C(c2nc3ccc(N(C)CCCCC=O)c(F)c3[nH]2)=C(NCc2ncccn2)C1=N. The minimum absolute atomic E-state index is 0.0246. The van der Waals surface area contributed by atoms with Gasteiger partial charge in [0.05, 0.1) is 29.1 Å². The Hall–Kier alpha value is -4.61. The Balaban J connectivity index is 1.72. The van der Waals surface area contributed by atoms with E-state index in [0.29, 0.717) is 30.0 Å². The summed E-state index contributed by atoms with van der Waals surface area (Å²) in [6.45, 7) is 0.744. The lowest BCUT2D eigenvalue weighted by atomic mass is 10.0. The van der Waals surface area contributed by atoms with Crippen LogP contribution in [-0.4, -0.2) is 58.5 Å². The first-order valence-corrected chi connectivity index (χ1v) is 11.8. The molecule has 0 unspecified atom stereocenters. The van der Waals surface area contributed by atoms with Gasteiger partial charge in [-0.1, -0.05) is 0 Å². The summed E-state index contributed by atoms with van der Waals surface area (Å²) in [6, 6.07) is 5.01. The maximum Gasteiger partial charge on any atom is 0.261 e. The molecule has 1 aliphatic heterocycles. The second kappa shape index (κ2) is 11.4. The van der Waals surface area contributed by atoms with E-state index < -0.39 is 11.7 Å². The number of hydrogen-bond acceptors (Lipinski definition) is 9. The van der Waals surface area contributed by atoms with Gasteiger partial charge in [-0.05, 0) is 31.0 Å². The number of anilines is 1. The van der Waals surface area contributed by atoms with E-state index in [9.17, 15) is 9.59 Å². The van der Waals surface area contributed by atoms with Crippen LogP contribution >= 0.6 is 0 Å². The van der Waals surface area contributed by atoms with Gasteiger partial charge >= 0.3 is 0 Å². The fraction of sp³-hybridized carbons (Fsp3) is 0.280. The van der Waals surface area contributed by atoms with Crippen molar-refractivity contribution in [2.24, 2.45) is 0 Å². The van der Waals surface area contributed by atoms with Gasteiger partial charge in [-0.15, -0.1) is 0 Å². The average molecular weight is 506 g/mol. The lowest BCUT2D eigenvalue weighted by Crippen LogP contribution is -2.40. The van der Waals surface area contributed by atoms with E-state index in [2.05, 4.69) is 35.9 Å². The standard InChI is InChI=1S/C25H28FN9O2/c1-28-13-16-21(27)23(31-14-18-29-9-6-10-30-18)19(25(37)33-16)24-32-15-7-8-17(20(26)22(15)34-24)35(2)11-4-3-5-12-36/h6-10,12-13,27-28,31H,3-5,11,14H2,1-2H3,(H,32,34)(H,33,37)/b16-13+,27-21?. The molecule has 0 radical (unpaired) electrons. The first-order valence-electron chi connectivity index (χ1n) is 11.8. The van der Waals surface area contributed by atoms with Crippen molar-refractivity contribution in [1.82, 2.24) is 35.9 Å². The minimum Gasteiger partial charge on any atom is -0.392 e. The number of unbranched alkanes of at least 4 members (excludes halogenated alkanes) is 2. The van der Waals surface area contributed by atoms with E-state index in [-0.39, 0.29) is 40.6 Å². The fourth-order valence-corrected chi connectivity index (χ4v) is 4.01. The van der Waals surface area contributed by atoms with Crippen LogP contribution in [0.15, 0.2) is 48.2 Å². The summed E-state index contributed by atoms with van der Waals surface area (Å²) in [5, 5.41) is 17.3. The molecule has 0 fully saturated rings. The van der Waals surface area contributed by atoms with Crippen molar-refractivity contribution >= 4 is 40.2 Å². The van der Waals surface area contributed by atoms with Crippen molar-refractivity contribution in [2.45, 2.75) is 25.8 Å².